The lowest BCUT2D eigenvalue weighted by atomic mass is 9.65. The van der Waals surface area contributed by atoms with Crippen LogP contribution < -0.4 is 5.73 Å². The van der Waals surface area contributed by atoms with Crippen molar-refractivity contribution in [3.63, 3.8) is 0 Å². The van der Waals surface area contributed by atoms with Crippen molar-refractivity contribution < 1.29 is 14.1 Å². The molecule has 0 radical (unpaired) electrons. The third-order valence-electron chi connectivity index (χ3n) is 5.55. The number of hydrogen-bond acceptors (Lipinski definition) is 6. The molecule has 7 nitrogen and oxygen atoms in total. The van der Waals surface area contributed by atoms with E-state index in [2.05, 4.69) is 10.1 Å². The molecular formula is C17H29ClN4O3. The molecule has 2 fully saturated rings. The molecule has 1 aromatic heterocycles. The number of halogens is 1. The average molecular weight is 373 g/mol. The largest absolute Gasteiger partial charge is 0.384 e. The van der Waals surface area contributed by atoms with Gasteiger partial charge in [-0.05, 0) is 37.5 Å². The van der Waals surface area contributed by atoms with E-state index in [1.54, 1.807) is 12.0 Å². The van der Waals surface area contributed by atoms with E-state index < -0.39 is 0 Å². The predicted molar refractivity (Wildman–Crippen MR) is 95.1 cm³/mol. The Bertz CT molecular complexity index is 554. The topological polar surface area (TPSA) is 94.5 Å². The van der Waals surface area contributed by atoms with E-state index >= 15 is 0 Å². The summed E-state index contributed by atoms with van der Waals surface area (Å²) in [7, 11) is 3.45. The van der Waals surface area contributed by atoms with Gasteiger partial charge in [0.25, 0.3) is 0 Å². The van der Waals surface area contributed by atoms with Gasteiger partial charge in [-0.3, -0.25) is 4.79 Å². The van der Waals surface area contributed by atoms with Crippen LogP contribution in [0.3, 0.4) is 0 Å². The highest BCUT2D eigenvalue weighted by molar-refractivity contribution is 5.85. The molecule has 0 aliphatic heterocycles. The molecule has 25 heavy (non-hydrogen) atoms. The Labute approximate surface area is 155 Å². The number of ether oxygens (including phenoxy) is 1. The lowest BCUT2D eigenvalue weighted by Gasteiger charge is -2.44. The molecule has 1 aromatic rings. The molecule has 2 aliphatic rings. The summed E-state index contributed by atoms with van der Waals surface area (Å²) in [6, 6.07) is 0.285. The molecule has 1 heterocycles. The summed E-state index contributed by atoms with van der Waals surface area (Å²) in [6.07, 6.45) is 6.04. The van der Waals surface area contributed by atoms with Crippen LogP contribution in [-0.2, 0) is 22.5 Å². The normalized spacial score (nSPS) is 28.3. The molecule has 2 bridgehead atoms. The van der Waals surface area contributed by atoms with Crippen molar-refractivity contribution in [3.05, 3.63) is 11.7 Å². The Kier molecular flexibility index (Phi) is 7.22. The van der Waals surface area contributed by atoms with Crippen LogP contribution in [0.25, 0.3) is 0 Å². The van der Waals surface area contributed by atoms with Crippen molar-refractivity contribution >= 4 is 18.3 Å². The lowest BCUT2D eigenvalue weighted by Crippen LogP contribution is -2.49. The molecule has 2 atom stereocenters. The molecular weight excluding hydrogens is 344 g/mol. The number of amides is 1. The summed E-state index contributed by atoms with van der Waals surface area (Å²) in [5, 5.41) is 3.91. The number of fused-ring (bicyclic) bond motifs is 2. The fourth-order valence-electron chi connectivity index (χ4n) is 4.23. The van der Waals surface area contributed by atoms with Gasteiger partial charge in [0.15, 0.2) is 5.82 Å². The quantitative estimate of drug-likeness (QED) is 0.818. The molecule has 2 N–H and O–H groups in total. The van der Waals surface area contributed by atoms with E-state index in [0.29, 0.717) is 43.1 Å². The molecule has 1 amide bonds. The Balaban J connectivity index is 0.00000225. The van der Waals surface area contributed by atoms with Crippen molar-refractivity contribution in [2.24, 2.45) is 23.5 Å². The first-order valence-electron chi connectivity index (χ1n) is 8.89. The Hall–Kier alpha value is -1.18. The van der Waals surface area contributed by atoms with Gasteiger partial charge >= 0.3 is 0 Å². The number of carbonyl (C=O) groups is 1. The lowest BCUT2D eigenvalue weighted by molar-refractivity contribution is -0.138. The minimum atomic E-state index is 0. The van der Waals surface area contributed by atoms with Gasteiger partial charge in [-0.1, -0.05) is 11.6 Å². The summed E-state index contributed by atoms with van der Waals surface area (Å²) in [5.74, 6) is 2.36. The Morgan fingerprint density at radius 3 is 2.68 bits per heavy atom. The third kappa shape index (κ3) is 4.71. The van der Waals surface area contributed by atoms with Gasteiger partial charge in [-0.15, -0.1) is 12.4 Å². The van der Waals surface area contributed by atoms with Crippen molar-refractivity contribution in [2.45, 2.75) is 51.1 Å². The summed E-state index contributed by atoms with van der Waals surface area (Å²) in [6.45, 7) is 0.912. The van der Waals surface area contributed by atoms with Gasteiger partial charge in [0.05, 0.1) is 13.2 Å². The number of nitrogens with zero attached hydrogens (tertiary/aromatic N) is 3. The molecule has 8 heteroatoms. The molecule has 2 saturated carbocycles. The van der Waals surface area contributed by atoms with Gasteiger partial charge in [0.1, 0.15) is 0 Å². The molecule has 0 spiro atoms. The van der Waals surface area contributed by atoms with Gasteiger partial charge < -0.3 is 19.9 Å². The van der Waals surface area contributed by atoms with E-state index in [0.717, 1.165) is 25.7 Å². The zero-order valence-electron chi connectivity index (χ0n) is 15.0. The highest BCUT2D eigenvalue weighted by Crippen LogP contribution is 2.42. The van der Waals surface area contributed by atoms with Crippen LogP contribution in [0.1, 0.15) is 43.8 Å². The number of carbonyl (C=O) groups excluding carboxylic acids is 1. The molecule has 2 aliphatic carbocycles. The fraction of sp³-hybridized carbons (Fsp3) is 0.824. The number of hydrogen-bond donors (Lipinski definition) is 1. The standard InChI is InChI=1S/C17H28N4O3.ClH/c1-21(10-15-19-14(20-24-15)6-7-23-2)17(22)13-8-11-4-3-5-12(9-13)16(11)18;/h11-13,16H,3-10,18H2,1-2H3;1H. The van der Waals surface area contributed by atoms with Gasteiger partial charge in [0.2, 0.25) is 11.8 Å². The molecule has 3 rings (SSSR count). The molecule has 0 aromatic carbocycles. The first-order chi connectivity index (χ1) is 11.6. The maximum absolute atomic E-state index is 12.8. The van der Waals surface area contributed by atoms with Crippen LogP contribution in [0.4, 0.5) is 0 Å². The number of nitrogens with two attached hydrogens (primary N) is 1. The summed E-state index contributed by atoms with van der Waals surface area (Å²) in [4.78, 5) is 18.8. The van der Waals surface area contributed by atoms with E-state index in [1.807, 2.05) is 7.05 Å². The van der Waals surface area contributed by atoms with E-state index in [1.165, 1.54) is 6.42 Å². The van der Waals surface area contributed by atoms with E-state index in [-0.39, 0.29) is 30.3 Å². The monoisotopic (exact) mass is 372 g/mol. The summed E-state index contributed by atoms with van der Waals surface area (Å²) < 4.78 is 10.2. The van der Waals surface area contributed by atoms with Crippen molar-refractivity contribution in [3.8, 4) is 0 Å². The molecule has 0 saturated heterocycles. The molecule has 2 unspecified atom stereocenters. The van der Waals surface area contributed by atoms with Crippen LogP contribution in [0.15, 0.2) is 4.52 Å². The SMILES string of the molecule is COCCc1noc(CN(C)C(=O)C2CC3CCCC(C2)C3N)n1.Cl. The first kappa shape index (κ1) is 20.1. The summed E-state index contributed by atoms with van der Waals surface area (Å²) in [5.41, 5.74) is 6.32. The maximum atomic E-state index is 12.8. The van der Waals surface area contributed by atoms with Crippen molar-refractivity contribution in [2.75, 3.05) is 20.8 Å². The number of methoxy groups -OCH3 is 1. The van der Waals surface area contributed by atoms with Crippen LogP contribution in [0.5, 0.6) is 0 Å². The zero-order chi connectivity index (χ0) is 17.1. The minimum absolute atomic E-state index is 0. The van der Waals surface area contributed by atoms with Crippen molar-refractivity contribution in [1.29, 1.82) is 0 Å². The van der Waals surface area contributed by atoms with Gasteiger partial charge in [-0.2, -0.15) is 4.98 Å². The number of aromatic nitrogens is 2. The van der Waals surface area contributed by atoms with E-state index in [4.69, 9.17) is 15.0 Å². The Morgan fingerprint density at radius 2 is 2.04 bits per heavy atom. The maximum Gasteiger partial charge on any atom is 0.246 e. The van der Waals surface area contributed by atoms with E-state index in [9.17, 15) is 4.79 Å². The van der Waals surface area contributed by atoms with Gasteiger partial charge in [0, 0.05) is 32.5 Å². The van der Waals surface area contributed by atoms with Crippen LogP contribution in [0.2, 0.25) is 0 Å². The second-order valence-electron chi connectivity index (χ2n) is 7.24. The van der Waals surface area contributed by atoms with Crippen LogP contribution >= 0.6 is 12.4 Å². The summed E-state index contributed by atoms with van der Waals surface area (Å²) >= 11 is 0. The highest BCUT2D eigenvalue weighted by atomic mass is 35.5. The predicted octanol–water partition coefficient (Wildman–Crippen LogP) is 1.79. The van der Waals surface area contributed by atoms with Crippen molar-refractivity contribution in [1.82, 2.24) is 15.0 Å². The smallest absolute Gasteiger partial charge is 0.246 e. The Morgan fingerprint density at radius 1 is 1.36 bits per heavy atom. The molecule has 142 valence electrons. The highest BCUT2D eigenvalue weighted by Gasteiger charge is 2.41. The second kappa shape index (κ2) is 8.96. The average Bonchev–Trinajstić information content (AvgIpc) is 2.99. The van der Waals surface area contributed by atoms with Gasteiger partial charge in [-0.25, -0.2) is 0 Å². The van der Waals surface area contributed by atoms with Crippen LogP contribution in [0, 0.1) is 17.8 Å². The van der Waals surface area contributed by atoms with Crippen LogP contribution in [-0.4, -0.2) is 47.8 Å². The minimum Gasteiger partial charge on any atom is -0.384 e. The second-order valence-corrected chi connectivity index (χ2v) is 7.24. The third-order valence-corrected chi connectivity index (χ3v) is 5.55. The zero-order valence-corrected chi connectivity index (χ0v) is 15.8. The number of rotatable bonds is 6. The fourth-order valence-corrected chi connectivity index (χ4v) is 4.23. The first-order valence-corrected chi connectivity index (χ1v) is 8.89.